The van der Waals surface area contributed by atoms with Gasteiger partial charge >= 0.3 is 17.7 Å². The number of rotatable bonds is 2. The molecule has 1 N–H and O–H groups in total. The van der Waals surface area contributed by atoms with Crippen molar-refractivity contribution in [3.63, 3.8) is 0 Å². The van der Waals surface area contributed by atoms with E-state index in [0.29, 0.717) is 28.3 Å². The molecule has 1 aromatic rings. The number of fused-ring (bicyclic) bond motifs is 1. The van der Waals surface area contributed by atoms with Crippen molar-refractivity contribution in [3.05, 3.63) is 28.8 Å². The summed E-state index contributed by atoms with van der Waals surface area (Å²) in [4.78, 5) is 13.3. The minimum absolute atomic E-state index is 0.139. The highest BCUT2D eigenvalue weighted by Gasteiger charge is 2.63. The van der Waals surface area contributed by atoms with Gasteiger partial charge in [0.25, 0.3) is 0 Å². The van der Waals surface area contributed by atoms with Crippen molar-refractivity contribution in [2.24, 2.45) is 5.92 Å². The first-order chi connectivity index (χ1) is 11.6. The zero-order valence-electron chi connectivity index (χ0n) is 13.4. The van der Waals surface area contributed by atoms with Gasteiger partial charge in [0.15, 0.2) is 0 Å². The minimum atomic E-state index is -5.09. The normalized spacial score (nSPS) is 24.0. The van der Waals surface area contributed by atoms with Crippen LogP contribution in [0.2, 0.25) is 5.02 Å². The Hall–Kier alpha value is -1.89. The fraction of sp³-hybridized carbons (Fsp3) is 0.471. The summed E-state index contributed by atoms with van der Waals surface area (Å²) in [6, 6.07) is 2.91. The van der Waals surface area contributed by atoms with E-state index in [9.17, 15) is 18.0 Å². The molecule has 0 amide bonds. The van der Waals surface area contributed by atoms with Gasteiger partial charge in [0.2, 0.25) is 0 Å². The number of anilines is 1. The molecule has 0 bridgehead atoms. The number of carbonyl (C=O) groups is 1. The van der Waals surface area contributed by atoms with Crippen LogP contribution in [0.3, 0.4) is 0 Å². The number of ether oxygens (including phenoxy) is 1. The Labute approximate surface area is 147 Å². The predicted octanol–water partition coefficient (Wildman–Crippen LogP) is 4.37. The van der Waals surface area contributed by atoms with E-state index in [2.05, 4.69) is 6.92 Å². The summed E-state index contributed by atoms with van der Waals surface area (Å²) in [7, 11) is 0. The summed E-state index contributed by atoms with van der Waals surface area (Å²) in [6.45, 7) is 3.61. The van der Waals surface area contributed by atoms with E-state index in [1.54, 1.807) is 0 Å². The number of alkyl halides is 3. The Morgan fingerprint density at radius 3 is 2.56 bits per heavy atom. The molecule has 4 nitrogen and oxygen atoms in total. The van der Waals surface area contributed by atoms with Crippen molar-refractivity contribution in [2.45, 2.75) is 31.5 Å². The lowest BCUT2D eigenvalue weighted by Gasteiger charge is -2.35. The van der Waals surface area contributed by atoms with Crippen LogP contribution in [0.4, 0.5) is 18.9 Å². The Morgan fingerprint density at radius 2 is 2.00 bits per heavy atom. The molecule has 0 radical (unpaired) electrons. The fourth-order valence-corrected chi connectivity index (χ4v) is 3.36. The molecule has 1 fully saturated rings. The second kappa shape index (κ2) is 6.12. The highest BCUT2D eigenvalue weighted by molar-refractivity contribution is 6.33. The minimum Gasteiger partial charge on any atom is -0.478 e. The quantitative estimate of drug-likeness (QED) is 0.834. The highest BCUT2D eigenvalue weighted by Crippen LogP contribution is 2.44. The van der Waals surface area contributed by atoms with Crippen molar-refractivity contribution in [1.29, 1.82) is 0 Å². The van der Waals surface area contributed by atoms with Crippen LogP contribution in [0.15, 0.2) is 18.2 Å². The molecule has 2 aliphatic heterocycles. The lowest BCUT2D eigenvalue weighted by atomic mass is 9.96. The van der Waals surface area contributed by atoms with Crippen LogP contribution in [0.5, 0.6) is 5.75 Å². The monoisotopic (exact) mass is 375 g/mol. The number of halogens is 4. The molecule has 8 heteroatoms. The van der Waals surface area contributed by atoms with E-state index in [0.717, 1.165) is 32.0 Å². The summed E-state index contributed by atoms with van der Waals surface area (Å²) >= 11 is 6.28. The lowest BCUT2D eigenvalue weighted by molar-refractivity contribution is -0.235. The molecule has 1 unspecified atom stereocenters. The number of aliphatic carboxylic acids is 1. The summed E-state index contributed by atoms with van der Waals surface area (Å²) in [6.07, 6.45) is -1.58. The highest BCUT2D eigenvalue weighted by atomic mass is 35.5. The van der Waals surface area contributed by atoms with Gasteiger partial charge in [0, 0.05) is 24.7 Å². The first-order valence-electron chi connectivity index (χ1n) is 7.91. The molecule has 1 saturated heterocycles. The van der Waals surface area contributed by atoms with Crippen LogP contribution < -0.4 is 9.64 Å². The Morgan fingerprint density at radius 1 is 1.36 bits per heavy atom. The van der Waals surface area contributed by atoms with Gasteiger partial charge < -0.3 is 14.7 Å². The third-order valence-electron chi connectivity index (χ3n) is 4.71. The zero-order valence-corrected chi connectivity index (χ0v) is 14.2. The van der Waals surface area contributed by atoms with Crippen LogP contribution in [0, 0.1) is 5.92 Å². The van der Waals surface area contributed by atoms with Crippen LogP contribution in [-0.4, -0.2) is 35.9 Å². The molecule has 2 heterocycles. The second-order valence-corrected chi connectivity index (χ2v) is 6.89. The van der Waals surface area contributed by atoms with Gasteiger partial charge in [-0.15, -0.1) is 0 Å². The number of carboxylic acids is 1. The standard InChI is InChI=1S/C17H17ClF3NO3/c1-10-3-6-22(7-4-10)13-9-14-11(8-12(13)18)2-5-16(25-14,15(23)24)17(19,20)21/h2,5,8-10H,3-4,6-7H2,1H3,(H,23,24). The number of piperidine rings is 1. The number of carboxylic acid groups (broad SMARTS) is 1. The van der Waals surface area contributed by atoms with Crippen molar-refractivity contribution in [3.8, 4) is 5.75 Å². The van der Waals surface area contributed by atoms with Crippen LogP contribution in [-0.2, 0) is 4.79 Å². The van der Waals surface area contributed by atoms with E-state index < -0.39 is 17.7 Å². The van der Waals surface area contributed by atoms with Crippen molar-refractivity contribution >= 4 is 29.3 Å². The van der Waals surface area contributed by atoms with E-state index in [4.69, 9.17) is 21.4 Å². The van der Waals surface area contributed by atoms with Gasteiger partial charge in [-0.05, 0) is 30.9 Å². The van der Waals surface area contributed by atoms with Crippen molar-refractivity contribution in [1.82, 2.24) is 0 Å². The van der Waals surface area contributed by atoms with E-state index in [1.807, 2.05) is 4.90 Å². The van der Waals surface area contributed by atoms with Gasteiger partial charge in [-0.2, -0.15) is 13.2 Å². The Balaban J connectivity index is 1.99. The molecule has 0 aliphatic carbocycles. The first kappa shape index (κ1) is 17.9. The smallest absolute Gasteiger partial charge is 0.443 e. The Bertz CT molecular complexity index is 727. The molecule has 0 spiro atoms. The van der Waals surface area contributed by atoms with Gasteiger partial charge in [-0.3, -0.25) is 0 Å². The predicted molar refractivity (Wildman–Crippen MR) is 88.1 cm³/mol. The van der Waals surface area contributed by atoms with Crippen LogP contribution in [0.25, 0.3) is 6.08 Å². The third-order valence-corrected chi connectivity index (χ3v) is 5.01. The molecule has 136 valence electrons. The first-order valence-corrected chi connectivity index (χ1v) is 8.29. The number of hydrogen-bond acceptors (Lipinski definition) is 3. The van der Waals surface area contributed by atoms with Gasteiger partial charge in [-0.25, -0.2) is 4.79 Å². The molecule has 1 aromatic carbocycles. The SMILES string of the molecule is CC1CCN(c2cc3c(cc2Cl)C=CC(C(=O)O)(C(F)(F)F)O3)CC1. The summed E-state index contributed by atoms with van der Waals surface area (Å²) < 4.78 is 44.9. The molecular weight excluding hydrogens is 359 g/mol. The maximum absolute atomic E-state index is 13.3. The van der Waals surface area contributed by atoms with Crippen molar-refractivity contribution in [2.75, 3.05) is 18.0 Å². The molecular formula is C17H17ClF3NO3. The average molecular weight is 376 g/mol. The van der Waals surface area contributed by atoms with Gasteiger partial charge in [-0.1, -0.05) is 24.6 Å². The fourth-order valence-electron chi connectivity index (χ4n) is 3.07. The van der Waals surface area contributed by atoms with E-state index >= 15 is 0 Å². The van der Waals surface area contributed by atoms with E-state index in [-0.39, 0.29) is 5.75 Å². The summed E-state index contributed by atoms with van der Waals surface area (Å²) in [5.74, 6) is -1.66. The van der Waals surface area contributed by atoms with Crippen molar-refractivity contribution < 1.29 is 27.8 Å². The van der Waals surface area contributed by atoms with Gasteiger partial charge in [0.1, 0.15) is 5.75 Å². The number of nitrogens with zero attached hydrogens (tertiary/aromatic N) is 1. The molecule has 2 aliphatic rings. The maximum Gasteiger partial charge on any atom is 0.443 e. The topological polar surface area (TPSA) is 49.8 Å². The second-order valence-electron chi connectivity index (χ2n) is 6.48. The van der Waals surface area contributed by atoms with Gasteiger partial charge in [0.05, 0.1) is 10.7 Å². The number of hydrogen-bond donors (Lipinski definition) is 1. The maximum atomic E-state index is 13.3. The van der Waals surface area contributed by atoms with Crippen LogP contribution in [0.1, 0.15) is 25.3 Å². The third kappa shape index (κ3) is 3.05. The summed E-state index contributed by atoms with van der Waals surface area (Å²) in [5.41, 5.74) is -2.51. The largest absolute Gasteiger partial charge is 0.478 e. The molecule has 0 aromatic heterocycles. The lowest BCUT2D eigenvalue weighted by Crippen LogP contribution is -2.56. The zero-order chi connectivity index (χ0) is 18.4. The summed E-state index contributed by atoms with van der Waals surface area (Å²) in [5, 5.41) is 9.52. The van der Waals surface area contributed by atoms with Crippen LogP contribution >= 0.6 is 11.6 Å². The Kier molecular flexibility index (Phi) is 4.39. The average Bonchev–Trinajstić information content (AvgIpc) is 2.53. The molecule has 3 rings (SSSR count). The number of benzene rings is 1. The van der Waals surface area contributed by atoms with E-state index in [1.165, 1.54) is 12.1 Å². The molecule has 0 saturated carbocycles. The molecule has 1 atom stereocenters. The molecule has 25 heavy (non-hydrogen) atoms.